The van der Waals surface area contributed by atoms with E-state index in [1.807, 2.05) is 19.1 Å². The van der Waals surface area contributed by atoms with Gasteiger partial charge in [-0.25, -0.2) is 12.7 Å². The summed E-state index contributed by atoms with van der Waals surface area (Å²) in [4.78, 5) is 4.24. The topological polar surface area (TPSA) is 87.8 Å². The third-order valence-corrected chi connectivity index (χ3v) is 4.87. The molecule has 0 atom stereocenters. The number of nitrogens with one attached hydrogen (secondary N) is 1. The fourth-order valence-electron chi connectivity index (χ4n) is 2.17. The molecule has 0 bridgehead atoms. The molecule has 0 radical (unpaired) electrons. The SMILES string of the molecule is CCN(CCCN=C(N)Nc1cccc(C(C)C)c1)S(C)(=O)=O. The lowest BCUT2D eigenvalue weighted by molar-refractivity contribution is 0.427. The molecule has 0 spiro atoms. The van der Waals surface area contributed by atoms with E-state index >= 15 is 0 Å². The molecule has 1 aromatic carbocycles. The summed E-state index contributed by atoms with van der Waals surface area (Å²) in [6, 6.07) is 8.05. The largest absolute Gasteiger partial charge is 0.370 e. The van der Waals surface area contributed by atoms with Crippen LogP contribution in [-0.4, -0.2) is 44.6 Å². The Morgan fingerprint density at radius 3 is 2.65 bits per heavy atom. The predicted molar refractivity (Wildman–Crippen MR) is 97.4 cm³/mol. The van der Waals surface area contributed by atoms with Gasteiger partial charge in [0.25, 0.3) is 0 Å². The van der Waals surface area contributed by atoms with Gasteiger partial charge in [-0.1, -0.05) is 32.9 Å². The predicted octanol–water partition coefficient (Wildman–Crippen LogP) is 2.21. The number of benzene rings is 1. The molecule has 0 saturated heterocycles. The van der Waals surface area contributed by atoms with Crippen molar-refractivity contribution in [1.82, 2.24) is 4.31 Å². The molecule has 23 heavy (non-hydrogen) atoms. The Morgan fingerprint density at radius 2 is 2.09 bits per heavy atom. The molecule has 0 aliphatic carbocycles. The summed E-state index contributed by atoms with van der Waals surface area (Å²) in [6.07, 6.45) is 1.85. The van der Waals surface area contributed by atoms with Crippen molar-refractivity contribution in [1.29, 1.82) is 0 Å². The van der Waals surface area contributed by atoms with Gasteiger partial charge in [0.1, 0.15) is 0 Å². The van der Waals surface area contributed by atoms with Crippen LogP contribution < -0.4 is 11.1 Å². The molecule has 0 unspecified atom stereocenters. The molecule has 0 aliphatic rings. The molecule has 0 heterocycles. The van der Waals surface area contributed by atoms with Crippen LogP contribution in [0.2, 0.25) is 0 Å². The number of rotatable bonds is 8. The second-order valence-corrected chi connectivity index (χ2v) is 7.76. The summed E-state index contributed by atoms with van der Waals surface area (Å²) in [5.74, 6) is 0.791. The van der Waals surface area contributed by atoms with Crippen molar-refractivity contribution in [2.75, 3.05) is 31.2 Å². The Kier molecular flexibility index (Phi) is 7.51. The molecule has 1 rings (SSSR count). The molecular weight excluding hydrogens is 312 g/mol. The first-order chi connectivity index (χ1) is 10.7. The van der Waals surface area contributed by atoms with E-state index in [1.54, 1.807) is 0 Å². The number of nitrogens with zero attached hydrogens (tertiary/aromatic N) is 2. The Hall–Kier alpha value is -1.60. The smallest absolute Gasteiger partial charge is 0.211 e. The van der Waals surface area contributed by atoms with Gasteiger partial charge in [0, 0.05) is 25.3 Å². The van der Waals surface area contributed by atoms with E-state index in [2.05, 4.69) is 36.3 Å². The van der Waals surface area contributed by atoms with Gasteiger partial charge in [-0.05, 0) is 30.0 Å². The average Bonchev–Trinajstić information content (AvgIpc) is 2.46. The van der Waals surface area contributed by atoms with Crippen LogP contribution in [0.5, 0.6) is 0 Å². The minimum absolute atomic E-state index is 0.341. The molecule has 3 N–H and O–H groups in total. The maximum Gasteiger partial charge on any atom is 0.211 e. The molecule has 0 aliphatic heterocycles. The number of sulfonamides is 1. The van der Waals surface area contributed by atoms with Crippen LogP contribution in [0.1, 0.15) is 38.7 Å². The summed E-state index contributed by atoms with van der Waals surface area (Å²) in [6.45, 7) is 7.50. The normalized spacial score (nSPS) is 12.9. The second-order valence-electron chi connectivity index (χ2n) is 5.78. The number of hydrogen-bond acceptors (Lipinski definition) is 3. The lowest BCUT2D eigenvalue weighted by Gasteiger charge is -2.16. The van der Waals surface area contributed by atoms with Gasteiger partial charge in [-0.3, -0.25) is 4.99 Å². The van der Waals surface area contributed by atoms with E-state index in [0.29, 0.717) is 37.9 Å². The Labute approximate surface area is 139 Å². The summed E-state index contributed by atoms with van der Waals surface area (Å²) >= 11 is 0. The third kappa shape index (κ3) is 7.00. The molecule has 0 saturated carbocycles. The van der Waals surface area contributed by atoms with Crippen molar-refractivity contribution in [2.45, 2.75) is 33.1 Å². The fraction of sp³-hybridized carbons (Fsp3) is 0.562. The van der Waals surface area contributed by atoms with E-state index < -0.39 is 10.0 Å². The number of aliphatic imine (C=N–C) groups is 1. The first-order valence-electron chi connectivity index (χ1n) is 7.86. The van der Waals surface area contributed by atoms with Crippen molar-refractivity contribution in [3.8, 4) is 0 Å². The van der Waals surface area contributed by atoms with Crippen LogP contribution in [-0.2, 0) is 10.0 Å². The highest BCUT2D eigenvalue weighted by atomic mass is 32.2. The third-order valence-electron chi connectivity index (χ3n) is 3.50. The highest BCUT2D eigenvalue weighted by molar-refractivity contribution is 7.88. The number of hydrogen-bond donors (Lipinski definition) is 2. The molecule has 0 fully saturated rings. The molecular formula is C16H28N4O2S. The van der Waals surface area contributed by atoms with E-state index in [1.165, 1.54) is 16.1 Å². The monoisotopic (exact) mass is 340 g/mol. The minimum atomic E-state index is -3.14. The summed E-state index contributed by atoms with van der Waals surface area (Å²) in [5.41, 5.74) is 8.01. The maximum absolute atomic E-state index is 11.5. The van der Waals surface area contributed by atoms with Crippen molar-refractivity contribution in [2.24, 2.45) is 10.7 Å². The standard InChI is InChI=1S/C16H28N4O2S/c1-5-20(23(4,21)22)11-7-10-18-16(17)19-15-9-6-8-14(12-15)13(2)3/h6,8-9,12-13H,5,7,10-11H2,1-4H3,(H3,17,18,19). The second kappa shape index (κ2) is 8.88. The van der Waals surface area contributed by atoms with Crippen molar-refractivity contribution < 1.29 is 8.42 Å². The van der Waals surface area contributed by atoms with Crippen LogP contribution >= 0.6 is 0 Å². The number of anilines is 1. The van der Waals surface area contributed by atoms with Gasteiger partial charge in [0.2, 0.25) is 10.0 Å². The number of guanidine groups is 1. The van der Waals surface area contributed by atoms with Crippen LogP contribution in [0.4, 0.5) is 5.69 Å². The van der Waals surface area contributed by atoms with Gasteiger partial charge in [0.15, 0.2) is 5.96 Å². The fourth-order valence-corrected chi connectivity index (χ4v) is 3.10. The lowest BCUT2D eigenvalue weighted by Crippen LogP contribution is -2.31. The quantitative estimate of drug-likeness (QED) is 0.431. The van der Waals surface area contributed by atoms with Crippen molar-refractivity contribution in [3.63, 3.8) is 0 Å². The van der Waals surface area contributed by atoms with Crippen LogP contribution in [0.15, 0.2) is 29.3 Å². The van der Waals surface area contributed by atoms with Gasteiger partial charge in [-0.2, -0.15) is 0 Å². The highest BCUT2D eigenvalue weighted by Gasteiger charge is 2.12. The van der Waals surface area contributed by atoms with E-state index in [-0.39, 0.29) is 0 Å². The molecule has 1 aromatic rings. The lowest BCUT2D eigenvalue weighted by atomic mass is 10.0. The van der Waals surface area contributed by atoms with E-state index in [0.717, 1.165) is 5.69 Å². The zero-order valence-corrected chi connectivity index (χ0v) is 15.2. The van der Waals surface area contributed by atoms with Gasteiger partial charge >= 0.3 is 0 Å². The first-order valence-corrected chi connectivity index (χ1v) is 9.71. The molecule has 130 valence electrons. The molecule has 7 heteroatoms. The maximum atomic E-state index is 11.5. The Balaban J connectivity index is 2.50. The first kappa shape index (κ1) is 19.4. The number of nitrogens with two attached hydrogens (primary N) is 1. The zero-order chi connectivity index (χ0) is 17.5. The molecule has 0 amide bonds. The highest BCUT2D eigenvalue weighted by Crippen LogP contribution is 2.18. The zero-order valence-electron chi connectivity index (χ0n) is 14.4. The van der Waals surface area contributed by atoms with Gasteiger partial charge in [0.05, 0.1) is 6.26 Å². The van der Waals surface area contributed by atoms with Crippen molar-refractivity contribution in [3.05, 3.63) is 29.8 Å². The van der Waals surface area contributed by atoms with Crippen LogP contribution in [0.3, 0.4) is 0 Å². The minimum Gasteiger partial charge on any atom is -0.370 e. The van der Waals surface area contributed by atoms with Crippen LogP contribution in [0.25, 0.3) is 0 Å². The van der Waals surface area contributed by atoms with Crippen molar-refractivity contribution >= 4 is 21.7 Å². The van der Waals surface area contributed by atoms with E-state index in [4.69, 9.17) is 5.73 Å². The molecule has 6 nitrogen and oxygen atoms in total. The van der Waals surface area contributed by atoms with Crippen LogP contribution in [0, 0.1) is 0 Å². The molecule has 0 aromatic heterocycles. The summed E-state index contributed by atoms with van der Waals surface area (Å²) in [7, 11) is -3.14. The Morgan fingerprint density at radius 1 is 1.39 bits per heavy atom. The Bertz CT molecular complexity index is 627. The average molecular weight is 340 g/mol. The summed E-state index contributed by atoms with van der Waals surface area (Å²) < 4.78 is 24.4. The van der Waals surface area contributed by atoms with Gasteiger partial charge in [-0.15, -0.1) is 0 Å². The van der Waals surface area contributed by atoms with Gasteiger partial charge < -0.3 is 11.1 Å². The van der Waals surface area contributed by atoms with E-state index in [9.17, 15) is 8.42 Å². The summed E-state index contributed by atoms with van der Waals surface area (Å²) in [5, 5.41) is 3.07.